The van der Waals surface area contributed by atoms with E-state index < -0.39 is 0 Å². The van der Waals surface area contributed by atoms with Crippen molar-refractivity contribution >= 4 is 27.3 Å². The third kappa shape index (κ3) is 5.66. The number of nitrogens with two attached hydrogens (primary N) is 1. The van der Waals surface area contributed by atoms with Crippen molar-refractivity contribution in [3.8, 4) is 0 Å². The minimum absolute atomic E-state index is 0.685. The fraction of sp³-hybridized carbons (Fsp3) is 0.636. The van der Waals surface area contributed by atoms with Gasteiger partial charge in [-0.15, -0.1) is 11.3 Å². The summed E-state index contributed by atoms with van der Waals surface area (Å²) in [5.41, 5.74) is 5.50. The summed E-state index contributed by atoms with van der Waals surface area (Å²) in [6.45, 7) is 5.16. The quantitative estimate of drug-likeness (QED) is 0.758. The van der Waals surface area contributed by atoms with Crippen molar-refractivity contribution in [1.29, 1.82) is 0 Å². The molecule has 3 N–H and O–H groups in total. The van der Waals surface area contributed by atoms with E-state index >= 15 is 0 Å². The topological polar surface area (TPSA) is 38.0 Å². The molecular weight excluding hydrogens is 272 g/mol. The van der Waals surface area contributed by atoms with E-state index in [0.29, 0.717) is 5.92 Å². The Morgan fingerprint density at radius 3 is 3.00 bits per heavy atom. The lowest BCUT2D eigenvalue weighted by Crippen LogP contribution is -2.24. The Hall–Kier alpha value is 0.1000. The number of rotatable bonds is 7. The smallest absolute Gasteiger partial charge is 0.0285 e. The van der Waals surface area contributed by atoms with Crippen molar-refractivity contribution in [1.82, 2.24) is 5.32 Å². The van der Waals surface area contributed by atoms with Crippen molar-refractivity contribution in [3.05, 3.63) is 20.8 Å². The predicted octanol–water partition coefficient (Wildman–Crippen LogP) is 2.63. The van der Waals surface area contributed by atoms with Gasteiger partial charge in [0.1, 0.15) is 0 Å². The molecule has 0 fully saturated rings. The average molecular weight is 291 g/mol. The van der Waals surface area contributed by atoms with Gasteiger partial charge >= 0.3 is 0 Å². The Kier molecular flexibility index (Phi) is 6.48. The van der Waals surface area contributed by atoms with E-state index in [2.05, 4.69) is 39.6 Å². The first-order valence-corrected chi connectivity index (χ1v) is 7.03. The van der Waals surface area contributed by atoms with Crippen molar-refractivity contribution in [2.45, 2.75) is 19.8 Å². The van der Waals surface area contributed by atoms with Crippen LogP contribution in [0.1, 0.15) is 18.2 Å². The van der Waals surface area contributed by atoms with Crippen molar-refractivity contribution < 1.29 is 0 Å². The molecule has 1 aromatic heterocycles. The van der Waals surface area contributed by atoms with E-state index in [1.165, 1.54) is 9.35 Å². The third-order valence-corrected chi connectivity index (χ3v) is 4.08. The molecular formula is C11H19BrN2S. The van der Waals surface area contributed by atoms with Crippen molar-refractivity contribution in [2.24, 2.45) is 11.7 Å². The average Bonchev–Trinajstić information content (AvgIpc) is 2.60. The van der Waals surface area contributed by atoms with Gasteiger partial charge in [-0.05, 0) is 60.4 Å². The van der Waals surface area contributed by atoms with E-state index in [1.54, 1.807) is 0 Å². The lowest BCUT2D eigenvalue weighted by atomic mass is 10.1. The summed E-state index contributed by atoms with van der Waals surface area (Å²) in [4.78, 5) is 1.43. The van der Waals surface area contributed by atoms with Crippen molar-refractivity contribution in [2.75, 3.05) is 19.6 Å². The lowest BCUT2D eigenvalue weighted by molar-refractivity contribution is 0.489. The normalized spacial score (nSPS) is 13.0. The maximum atomic E-state index is 5.50. The van der Waals surface area contributed by atoms with Crippen LogP contribution in [0.15, 0.2) is 15.9 Å². The molecule has 0 aliphatic rings. The highest BCUT2D eigenvalue weighted by atomic mass is 79.9. The summed E-state index contributed by atoms with van der Waals surface area (Å²) in [6, 6.07) is 2.19. The first kappa shape index (κ1) is 13.2. The molecule has 0 aliphatic carbocycles. The second-order valence-corrected chi connectivity index (χ2v) is 5.78. The maximum Gasteiger partial charge on any atom is 0.0285 e. The van der Waals surface area contributed by atoms with Gasteiger partial charge in [-0.1, -0.05) is 6.92 Å². The largest absolute Gasteiger partial charge is 0.330 e. The Morgan fingerprint density at radius 1 is 1.60 bits per heavy atom. The van der Waals surface area contributed by atoms with E-state index in [0.717, 1.165) is 32.5 Å². The van der Waals surface area contributed by atoms with E-state index in [-0.39, 0.29) is 0 Å². The molecule has 1 rings (SSSR count). The molecule has 0 bridgehead atoms. The first-order chi connectivity index (χ1) is 7.22. The van der Waals surface area contributed by atoms with Gasteiger partial charge in [-0.2, -0.15) is 0 Å². The van der Waals surface area contributed by atoms with Gasteiger partial charge < -0.3 is 11.1 Å². The van der Waals surface area contributed by atoms with Crippen molar-refractivity contribution in [3.63, 3.8) is 0 Å². The molecule has 0 saturated heterocycles. The Balaban J connectivity index is 2.06. The molecule has 4 heteroatoms. The van der Waals surface area contributed by atoms with E-state index in [4.69, 9.17) is 5.73 Å². The molecule has 0 saturated carbocycles. The molecule has 0 aliphatic heterocycles. The van der Waals surface area contributed by atoms with Gasteiger partial charge in [0.15, 0.2) is 0 Å². The van der Waals surface area contributed by atoms with Gasteiger partial charge in [0.2, 0.25) is 0 Å². The standard InChI is InChI=1S/C11H19BrN2S/c1-9(2-4-13)7-14-5-3-11-6-10(12)8-15-11/h6,8-9,14H,2-5,7,13H2,1H3. The van der Waals surface area contributed by atoms with Crippen LogP contribution in [-0.2, 0) is 6.42 Å². The van der Waals surface area contributed by atoms with E-state index in [9.17, 15) is 0 Å². The second-order valence-electron chi connectivity index (χ2n) is 3.87. The molecule has 2 nitrogen and oxygen atoms in total. The van der Waals surface area contributed by atoms with Gasteiger partial charge in [-0.3, -0.25) is 0 Å². The molecule has 0 aromatic carbocycles. The zero-order valence-electron chi connectivity index (χ0n) is 9.13. The van der Waals surface area contributed by atoms with Crippen LogP contribution in [-0.4, -0.2) is 19.6 Å². The molecule has 1 aromatic rings. The summed E-state index contributed by atoms with van der Waals surface area (Å²) in [7, 11) is 0. The highest BCUT2D eigenvalue weighted by Gasteiger charge is 2.00. The zero-order valence-corrected chi connectivity index (χ0v) is 11.5. The molecule has 0 spiro atoms. The number of hydrogen-bond donors (Lipinski definition) is 2. The van der Waals surface area contributed by atoms with Crippen LogP contribution in [0.25, 0.3) is 0 Å². The minimum Gasteiger partial charge on any atom is -0.330 e. The van der Waals surface area contributed by atoms with Gasteiger partial charge in [0, 0.05) is 14.7 Å². The molecule has 1 heterocycles. The summed E-state index contributed by atoms with van der Waals surface area (Å²) in [5.74, 6) is 0.685. The molecule has 15 heavy (non-hydrogen) atoms. The number of halogens is 1. The number of nitrogens with one attached hydrogen (secondary N) is 1. The zero-order chi connectivity index (χ0) is 11.1. The van der Waals surface area contributed by atoms with Crippen LogP contribution in [0.3, 0.4) is 0 Å². The third-order valence-electron chi connectivity index (χ3n) is 2.32. The van der Waals surface area contributed by atoms with E-state index in [1.807, 2.05) is 11.3 Å². The van der Waals surface area contributed by atoms with Gasteiger partial charge in [0.25, 0.3) is 0 Å². The monoisotopic (exact) mass is 290 g/mol. The van der Waals surface area contributed by atoms with Crippen LogP contribution in [0.2, 0.25) is 0 Å². The van der Waals surface area contributed by atoms with Crippen LogP contribution in [0.5, 0.6) is 0 Å². The van der Waals surface area contributed by atoms with Gasteiger partial charge in [-0.25, -0.2) is 0 Å². The Labute approximate surface area is 104 Å². The molecule has 0 radical (unpaired) electrons. The van der Waals surface area contributed by atoms with Crippen LogP contribution in [0, 0.1) is 5.92 Å². The highest BCUT2D eigenvalue weighted by molar-refractivity contribution is 9.10. The summed E-state index contributed by atoms with van der Waals surface area (Å²) >= 11 is 5.27. The molecule has 0 amide bonds. The summed E-state index contributed by atoms with van der Waals surface area (Å²) in [5, 5.41) is 5.59. The van der Waals surface area contributed by atoms with Crippen LogP contribution in [0.4, 0.5) is 0 Å². The number of hydrogen-bond acceptors (Lipinski definition) is 3. The second kappa shape index (κ2) is 7.39. The first-order valence-electron chi connectivity index (χ1n) is 5.36. The minimum atomic E-state index is 0.685. The highest BCUT2D eigenvalue weighted by Crippen LogP contribution is 2.19. The summed E-state index contributed by atoms with van der Waals surface area (Å²) < 4.78 is 1.19. The van der Waals surface area contributed by atoms with Gasteiger partial charge in [0.05, 0.1) is 0 Å². The lowest BCUT2D eigenvalue weighted by Gasteiger charge is -2.10. The predicted molar refractivity (Wildman–Crippen MR) is 71.4 cm³/mol. The molecule has 1 atom stereocenters. The summed E-state index contributed by atoms with van der Waals surface area (Å²) in [6.07, 6.45) is 2.23. The number of thiophene rings is 1. The fourth-order valence-electron chi connectivity index (χ4n) is 1.43. The van der Waals surface area contributed by atoms with Crippen LogP contribution >= 0.6 is 27.3 Å². The van der Waals surface area contributed by atoms with Crippen LogP contribution < -0.4 is 11.1 Å². The fourth-order valence-corrected chi connectivity index (χ4v) is 2.89. The Morgan fingerprint density at radius 2 is 2.40 bits per heavy atom. The SMILES string of the molecule is CC(CCN)CNCCc1cc(Br)cs1. The Bertz CT molecular complexity index is 275. The maximum absolute atomic E-state index is 5.50. The molecule has 1 unspecified atom stereocenters. The molecule has 86 valence electrons.